The van der Waals surface area contributed by atoms with E-state index in [1.807, 2.05) is 35.7 Å². The van der Waals surface area contributed by atoms with Crippen LogP contribution in [-0.4, -0.2) is 29.2 Å². The molecule has 0 saturated heterocycles. The monoisotopic (exact) mass is 323 g/mol. The number of carbonyl (C=O) groups is 1. The lowest BCUT2D eigenvalue weighted by Gasteiger charge is -2.18. The largest absolute Gasteiger partial charge is 0.495 e. The first-order valence-electron chi connectivity index (χ1n) is 6.39. The predicted molar refractivity (Wildman–Crippen MR) is 86.5 cm³/mol. The van der Waals surface area contributed by atoms with Crippen LogP contribution in [0.25, 0.3) is 0 Å². The summed E-state index contributed by atoms with van der Waals surface area (Å²) in [7, 11) is 0.527. The minimum absolute atomic E-state index is 0.207. The second-order valence-electron chi connectivity index (χ2n) is 4.49. The molecule has 1 heterocycles. The molecule has 2 atom stereocenters. The summed E-state index contributed by atoms with van der Waals surface area (Å²) in [5, 5.41) is 4.75. The summed E-state index contributed by atoms with van der Waals surface area (Å²) in [5.74, 6) is 0.728. The smallest absolute Gasteiger partial charge is 0.265 e. The van der Waals surface area contributed by atoms with Gasteiger partial charge in [0.05, 0.1) is 13.2 Å². The lowest BCUT2D eigenvalue weighted by atomic mass is 10.1. The minimum atomic E-state index is -1.01. The highest BCUT2D eigenvalue weighted by Gasteiger charge is 2.20. The van der Waals surface area contributed by atoms with Gasteiger partial charge in [-0.2, -0.15) is 0 Å². The molecule has 112 valence electrons. The first-order chi connectivity index (χ1) is 10.1. The van der Waals surface area contributed by atoms with Gasteiger partial charge in [-0.3, -0.25) is 9.00 Å². The van der Waals surface area contributed by atoms with E-state index in [4.69, 9.17) is 4.74 Å². The van der Waals surface area contributed by atoms with Crippen LogP contribution in [0.1, 0.15) is 21.3 Å². The quantitative estimate of drug-likeness (QED) is 0.889. The third-order valence-electron chi connectivity index (χ3n) is 2.96. The van der Waals surface area contributed by atoms with Crippen LogP contribution < -0.4 is 10.1 Å². The van der Waals surface area contributed by atoms with E-state index >= 15 is 0 Å². The van der Waals surface area contributed by atoms with E-state index in [1.54, 1.807) is 12.3 Å². The maximum Gasteiger partial charge on any atom is 0.265 e. The number of ether oxygens (including phenoxy) is 1. The van der Waals surface area contributed by atoms with Gasteiger partial charge in [0.15, 0.2) is 0 Å². The van der Waals surface area contributed by atoms with Gasteiger partial charge in [0.25, 0.3) is 5.91 Å². The summed E-state index contributed by atoms with van der Waals surface area (Å²) in [6.07, 6.45) is 1.63. The van der Waals surface area contributed by atoms with Crippen LogP contribution >= 0.6 is 11.3 Å². The van der Waals surface area contributed by atoms with Crippen molar-refractivity contribution < 1.29 is 13.7 Å². The molecule has 0 aliphatic heterocycles. The van der Waals surface area contributed by atoms with Gasteiger partial charge in [-0.05, 0) is 17.0 Å². The number of amides is 1. The highest BCUT2D eigenvalue weighted by atomic mass is 32.2. The van der Waals surface area contributed by atoms with Crippen molar-refractivity contribution >= 4 is 28.0 Å². The zero-order chi connectivity index (χ0) is 15.2. The highest BCUT2D eigenvalue weighted by Crippen LogP contribution is 2.25. The Morgan fingerprint density at radius 2 is 2.05 bits per heavy atom. The fourth-order valence-electron chi connectivity index (χ4n) is 1.99. The lowest BCUT2D eigenvalue weighted by molar-refractivity contribution is 0.0942. The molecule has 0 spiro atoms. The van der Waals surface area contributed by atoms with E-state index in [1.165, 1.54) is 18.4 Å². The van der Waals surface area contributed by atoms with Gasteiger partial charge < -0.3 is 10.1 Å². The zero-order valence-electron chi connectivity index (χ0n) is 11.9. The molecule has 2 unspecified atom stereocenters. The normalized spacial score (nSPS) is 13.4. The van der Waals surface area contributed by atoms with Crippen LogP contribution in [0.4, 0.5) is 0 Å². The molecule has 1 aromatic carbocycles. The number of carbonyl (C=O) groups excluding carboxylic acids is 1. The van der Waals surface area contributed by atoms with E-state index < -0.39 is 10.8 Å². The second-order valence-corrected chi connectivity index (χ2v) is 6.89. The van der Waals surface area contributed by atoms with Crippen molar-refractivity contribution in [3.05, 3.63) is 52.2 Å². The first kappa shape index (κ1) is 15.7. The Hall–Kier alpha value is -1.66. The lowest BCUT2D eigenvalue weighted by Crippen LogP contribution is -2.31. The van der Waals surface area contributed by atoms with Gasteiger partial charge in [-0.25, -0.2) is 0 Å². The molecule has 0 saturated carbocycles. The van der Waals surface area contributed by atoms with E-state index in [0.717, 1.165) is 5.56 Å². The van der Waals surface area contributed by atoms with Crippen LogP contribution in [0, 0.1) is 0 Å². The van der Waals surface area contributed by atoms with Gasteiger partial charge in [0.1, 0.15) is 10.6 Å². The van der Waals surface area contributed by atoms with Gasteiger partial charge in [0.2, 0.25) is 0 Å². The van der Waals surface area contributed by atoms with E-state index in [0.29, 0.717) is 16.4 Å². The Morgan fingerprint density at radius 1 is 1.33 bits per heavy atom. The molecule has 2 aromatic rings. The maximum atomic E-state index is 12.4. The number of hydrogen-bond donors (Lipinski definition) is 1. The summed E-state index contributed by atoms with van der Waals surface area (Å²) >= 11 is 1.33. The van der Waals surface area contributed by atoms with Crippen LogP contribution in [-0.2, 0) is 10.8 Å². The standard InChI is InChI=1S/C15H17NO3S2/c1-19-13-8-9-20-14(13)15(17)16-12(10-21(2)18)11-6-4-3-5-7-11/h3-9,12H,10H2,1-2H3,(H,16,17). The molecule has 6 heteroatoms. The number of benzene rings is 1. The molecule has 1 amide bonds. The third kappa shape index (κ3) is 4.15. The average molecular weight is 323 g/mol. The Morgan fingerprint density at radius 3 is 2.67 bits per heavy atom. The van der Waals surface area contributed by atoms with Gasteiger partial charge in [-0.1, -0.05) is 30.3 Å². The van der Waals surface area contributed by atoms with E-state index in [2.05, 4.69) is 5.32 Å². The fraction of sp³-hybridized carbons (Fsp3) is 0.267. The van der Waals surface area contributed by atoms with Crippen molar-refractivity contribution in [2.75, 3.05) is 19.1 Å². The number of methoxy groups -OCH3 is 1. The number of rotatable bonds is 6. The van der Waals surface area contributed by atoms with E-state index in [-0.39, 0.29) is 11.9 Å². The van der Waals surface area contributed by atoms with Crippen molar-refractivity contribution in [2.45, 2.75) is 6.04 Å². The van der Waals surface area contributed by atoms with Gasteiger partial charge in [-0.15, -0.1) is 11.3 Å². The SMILES string of the molecule is COc1ccsc1C(=O)NC(CS(C)=O)c1ccccc1. The molecule has 0 bridgehead atoms. The summed E-state index contributed by atoms with van der Waals surface area (Å²) < 4.78 is 16.7. The molecule has 2 rings (SSSR count). The molecule has 0 radical (unpaired) electrons. The summed E-state index contributed by atoms with van der Waals surface area (Å²) in [5.41, 5.74) is 0.941. The molecule has 1 N–H and O–H groups in total. The molecule has 1 aromatic heterocycles. The molecule has 0 aliphatic rings. The average Bonchev–Trinajstić information content (AvgIpc) is 2.95. The molecular weight excluding hydrogens is 306 g/mol. The van der Waals surface area contributed by atoms with Gasteiger partial charge >= 0.3 is 0 Å². The summed E-state index contributed by atoms with van der Waals surface area (Å²) in [6, 6.07) is 11.0. The third-order valence-corrected chi connectivity index (χ3v) is 4.66. The molecule has 0 aliphatic carbocycles. The Bertz CT molecular complexity index is 625. The van der Waals surface area contributed by atoms with Gasteiger partial charge in [0, 0.05) is 22.8 Å². The molecular formula is C15H17NO3S2. The van der Waals surface area contributed by atoms with Crippen LogP contribution in [0.15, 0.2) is 41.8 Å². The fourth-order valence-corrected chi connectivity index (χ4v) is 3.50. The van der Waals surface area contributed by atoms with Crippen LogP contribution in [0.3, 0.4) is 0 Å². The summed E-state index contributed by atoms with van der Waals surface area (Å²) in [4.78, 5) is 12.9. The van der Waals surface area contributed by atoms with E-state index in [9.17, 15) is 9.00 Å². The molecule has 4 nitrogen and oxygen atoms in total. The van der Waals surface area contributed by atoms with Crippen LogP contribution in [0.5, 0.6) is 5.75 Å². The van der Waals surface area contributed by atoms with Crippen molar-refractivity contribution in [2.24, 2.45) is 0 Å². The Labute approximate surface area is 130 Å². The van der Waals surface area contributed by atoms with Crippen molar-refractivity contribution in [1.29, 1.82) is 0 Å². The Balaban J connectivity index is 2.19. The van der Waals surface area contributed by atoms with Crippen molar-refractivity contribution in [1.82, 2.24) is 5.32 Å². The van der Waals surface area contributed by atoms with Crippen molar-refractivity contribution in [3.8, 4) is 5.75 Å². The highest BCUT2D eigenvalue weighted by molar-refractivity contribution is 7.84. The molecule has 0 fully saturated rings. The predicted octanol–water partition coefficient (Wildman–Crippen LogP) is 2.61. The molecule has 21 heavy (non-hydrogen) atoms. The van der Waals surface area contributed by atoms with Crippen molar-refractivity contribution in [3.63, 3.8) is 0 Å². The number of thiophene rings is 1. The second kappa shape index (κ2) is 7.38. The zero-order valence-corrected chi connectivity index (χ0v) is 13.5. The maximum absolute atomic E-state index is 12.4. The topological polar surface area (TPSA) is 55.4 Å². The summed E-state index contributed by atoms with van der Waals surface area (Å²) in [6.45, 7) is 0. The minimum Gasteiger partial charge on any atom is -0.495 e. The number of nitrogens with one attached hydrogen (secondary N) is 1. The first-order valence-corrected chi connectivity index (χ1v) is 9.00. The Kier molecular flexibility index (Phi) is 5.52. The van der Waals surface area contributed by atoms with Crippen LogP contribution in [0.2, 0.25) is 0 Å². The number of hydrogen-bond acceptors (Lipinski definition) is 4.